The highest BCUT2D eigenvalue weighted by Gasteiger charge is 2.04. The highest BCUT2D eigenvalue weighted by molar-refractivity contribution is 7.13. The van der Waals surface area contributed by atoms with Crippen molar-refractivity contribution in [1.82, 2.24) is 5.09 Å². The molecule has 1 aromatic carbocycles. The lowest BCUT2D eigenvalue weighted by atomic mass is 10.1. The number of rotatable bonds is 7. The first-order chi connectivity index (χ1) is 7.81. The van der Waals surface area contributed by atoms with E-state index in [1.165, 1.54) is 0 Å². The summed E-state index contributed by atoms with van der Waals surface area (Å²) in [5, 5.41) is 3.03. The summed E-state index contributed by atoms with van der Waals surface area (Å²) in [4.78, 5) is 0. The molecule has 0 radical (unpaired) electrons. The van der Waals surface area contributed by atoms with Crippen molar-refractivity contribution >= 4 is 9.39 Å². The first kappa shape index (κ1) is 13.0. The average Bonchev–Trinajstić information content (AvgIpc) is 2.33. The fourth-order valence-corrected chi connectivity index (χ4v) is 1.55. The lowest BCUT2D eigenvalue weighted by molar-refractivity contribution is 0.360. The molecule has 0 spiro atoms. The summed E-state index contributed by atoms with van der Waals surface area (Å²) in [6, 6.07) is 5.83. The van der Waals surface area contributed by atoms with Gasteiger partial charge in [0.1, 0.15) is 18.1 Å². The van der Waals surface area contributed by atoms with Crippen LogP contribution in [0.4, 0.5) is 0 Å². The summed E-state index contributed by atoms with van der Waals surface area (Å²) < 4.78 is 10.8. The topological polar surface area (TPSA) is 30.5 Å². The third-order valence-corrected chi connectivity index (χ3v) is 2.45. The second-order valence-corrected chi connectivity index (χ2v) is 3.69. The van der Waals surface area contributed by atoms with Crippen molar-refractivity contribution in [2.45, 2.75) is 6.42 Å². The minimum absolute atomic E-state index is 0.521. The Bertz CT molecular complexity index is 342. The van der Waals surface area contributed by atoms with E-state index >= 15 is 0 Å². The van der Waals surface area contributed by atoms with Gasteiger partial charge >= 0.3 is 0 Å². The van der Waals surface area contributed by atoms with Gasteiger partial charge in [0.2, 0.25) is 0 Å². The van der Waals surface area contributed by atoms with E-state index in [2.05, 4.69) is 21.1 Å². The van der Waals surface area contributed by atoms with E-state index in [1.807, 2.05) is 18.2 Å². The van der Waals surface area contributed by atoms with Gasteiger partial charge in [0, 0.05) is 6.54 Å². The zero-order chi connectivity index (χ0) is 11.8. The summed E-state index contributed by atoms with van der Waals surface area (Å²) in [6.07, 6.45) is 2.63. The van der Waals surface area contributed by atoms with Crippen LogP contribution in [0.1, 0.15) is 5.56 Å². The zero-order valence-electron chi connectivity index (χ0n) is 9.53. The fourth-order valence-electron chi connectivity index (χ4n) is 1.40. The molecule has 4 heteroatoms. The second-order valence-electron chi connectivity index (χ2n) is 3.28. The van der Waals surface area contributed by atoms with Crippen LogP contribution in [0, 0.1) is 0 Å². The first-order valence-electron chi connectivity index (χ1n) is 5.16. The minimum atomic E-state index is 0.521. The molecule has 1 rings (SSSR count). The molecule has 0 heterocycles. The SMILES string of the molecule is C=CCOc1ccc(OC)c(CCNP)c1. The van der Waals surface area contributed by atoms with Crippen molar-refractivity contribution in [3.05, 3.63) is 36.4 Å². The van der Waals surface area contributed by atoms with Crippen LogP contribution in [-0.2, 0) is 6.42 Å². The maximum atomic E-state index is 5.48. The Hall–Kier alpha value is -1.05. The van der Waals surface area contributed by atoms with Gasteiger partial charge in [-0.15, -0.1) is 0 Å². The molecule has 0 amide bonds. The van der Waals surface area contributed by atoms with Crippen molar-refractivity contribution in [3.8, 4) is 11.5 Å². The van der Waals surface area contributed by atoms with E-state index in [4.69, 9.17) is 9.47 Å². The molecule has 0 aliphatic rings. The number of hydrogen-bond donors (Lipinski definition) is 1. The zero-order valence-corrected chi connectivity index (χ0v) is 10.7. The first-order valence-corrected chi connectivity index (χ1v) is 5.73. The monoisotopic (exact) mass is 239 g/mol. The van der Waals surface area contributed by atoms with Crippen LogP contribution in [0.5, 0.6) is 11.5 Å². The van der Waals surface area contributed by atoms with Crippen LogP contribution in [-0.4, -0.2) is 20.3 Å². The van der Waals surface area contributed by atoms with Crippen molar-refractivity contribution in [2.24, 2.45) is 0 Å². The van der Waals surface area contributed by atoms with E-state index in [0.717, 1.165) is 30.0 Å². The number of hydrogen-bond acceptors (Lipinski definition) is 3. The Morgan fingerprint density at radius 3 is 2.94 bits per heavy atom. The van der Waals surface area contributed by atoms with Gasteiger partial charge in [0.15, 0.2) is 0 Å². The van der Waals surface area contributed by atoms with Crippen molar-refractivity contribution < 1.29 is 9.47 Å². The Kier molecular flexibility index (Phi) is 5.91. The summed E-state index contributed by atoms with van der Waals surface area (Å²) in [7, 11) is 4.17. The molecule has 0 aliphatic heterocycles. The third kappa shape index (κ3) is 3.84. The molecule has 88 valence electrons. The van der Waals surface area contributed by atoms with Crippen LogP contribution in [0.2, 0.25) is 0 Å². The molecule has 0 saturated carbocycles. The normalized spacial score (nSPS) is 9.88. The fraction of sp³-hybridized carbons (Fsp3) is 0.333. The van der Waals surface area contributed by atoms with Gasteiger partial charge in [-0.05, 0) is 30.2 Å². The van der Waals surface area contributed by atoms with Gasteiger partial charge in [-0.1, -0.05) is 22.0 Å². The summed E-state index contributed by atoms with van der Waals surface area (Å²) >= 11 is 0. The van der Waals surface area contributed by atoms with Gasteiger partial charge in [-0.25, -0.2) is 0 Å². The lowest BCUT2D eigenvalue weighted by Gasteiger charge is -2.11. The predicted octanol–water partition coefficient (Wildman–Crippen LogP) is 2.18. The molecule has 1 N–H and O–H groups in total. The average molecular weight is 239 g/mol. The largest absolute Gasteiger partial charge is 0.496 e. The minimum Gasteiger partial charge on any atom is -0.496 e. The Labute approximate surface area is 99.1 Å². The van der Waals surface area contributed by atoms with Gasteiger partial charge in [-0.3, -0.25) is 0 Å². The Morgan fingerprint density at radius 2 is 2.31 bits per heavy atom. The smallest absolute Gasteiger partial charge is 0.122 e. The van der Waals surface area contributed by atoms with Crippen LogP contribution in [0.15, 0.2) is 30.9 Å². The molecule has 3 nitrogen and oxygen atoms in total. The summed E-state index contributed by atoms with van der Waals surface area (Å²) in [5.74, 6) is 1.74. The van der Waals surface area contributed by atoms with Gasteiger partial charge < -0.3 is 14.6 Å². The van der Waals surface area contributed by atoms with Gasteiger partial charge in [0.05, 0.1) is 7.11 Å². The van der Waals surface area contributed by atoms with E-state index < -0.39 is 0 Å². The van der Waals surface area contributed by atoms with Gasteiger partial charge in [-0.2, -0.15) is 0 Å². The molecule has 1 atom stereocenters. The molecule has 1 unspecified atom stereocenters. The van der Waals surface area contributed by atoms with E-state index in [0.29, 0.717) is 6.61 Å². The lowest BCUT2D eigenvalue weighted by Crippen LogP contribution is -2.05. The van der Waals surface area contributed by atoms with Crippen LogP contribution >= 0.6 is 9.39 Å². The summed E-state index contributed by atoms with van der Waals surface area (Å²) in [5.41, 5.74) is 1.14. The van der Waals surface area contributed by atoms with E-state index in [9.17, 15) is 0 Å². The number of ether oxygens (including phenoxy) is 2. The molecule has 0 saturated heterocycles. The quantitative estimate of drug-likeness (QED) is 0.584. The Morgan fingerprint density at radius 1 is 1.50 bits per heavy atom. The molecule has 16 heavy (non-hydrogen) atoms. The van der Waals surface area contributed by atoms with Crippen LogP contribution < -0.4 is 14.6 Å². The molecule has 0 fully saturated rings. The third-order valence-electron chi connectivity index (χ3n) is 2.16. The molecule has 0 aromatic heterocycles. The maximum Gasteiger partial charge on any atom is 0.122 e. The highest BCUT2D eigenvalue weighted by Crippen LogP contribution is 2.24. The molecule has 1 aromatic rings. The molecular formula is C12H18NO2P. The van der Waals surface area contributed by atoms with E-state index in [-0.39, 0.29) is 0 Å². The van der Waals surface area contributed by atoms with Crippen molar-refractivity contribution in [3.63, 3.8) is 0 Å². The second kappa shape index (κ2) is 7.26. The molecular weight excluding hydrogens is 221 g/mol. The van der Waals surface area contributed by atoms with Crippen molar-refractivity contribution in [1.29, 1.82) is 0 Å². The molecule has 0 bridgehead atoms. The van der Waals surface area contributed by atoms with E-state index in [1.54, 1.807) is 13.2 Å². The number of nitrogens with one attached hydrogen (secondary N) is 1. The summed E-state index contributed by atoms with van der Waals surface area (Å²) in [6.45, 7) is 5.02. The Balaban J connectivity index is 2.78. The number of methoxy groups -OCH3 is 1. The van der Waals surface area contributed by atoms with Gasteiger partial charge in [0.25, 0.3) is 0 Å². The van der Waals surface area contributed by atoms with Crippen molar-refractivity contribution in [2.75, 3.05) is 20.3 Å². The maximum absolute atomic E-state index is 5.48. The highest BCUT2D eigenvalue weighted by atomic mass is 31.0. The number of benzene rings is 1. The predicted molar refractivity (Wildman–Crippen MR) is 70.1 cm³/mol. The standard InChI is InChI=1S/C12H18NO2P/c1-3-8-15-11-4-5-12(14-2)10(9-11)6-7-13-16/h3-5,9,13H,1,6-8,16H2,2H3. The van der Waals surface area contributed by atoms with Crippen LogP contribution in [0.3, 0.4) is 0 Å². The molecule has 0 aliphatic carbocycles. The van der Waals surface area contributed by atoms with Crippen LogP contribution in [0.25, 0.3) is 0 Å².